The summed E-state index contributed by atoms with van der Waals surface area (Å²) in [5.74, 6) is -1.22. The van der Waals surface area contributed by atoms with Crippen molar-refractivity contribution in [3.63, 3.8) is 0 Å². The van der Waals surface area contributed by atoms with Crippen molar-refractivity contribution in [2.75, 3.05) is 7.05 Å². The zero-order chi connectivity index (χ0) is 14.0. The van der Waals surface area contributed by atoms with E-state index in [2.05, 4.69) is 4.98 Å². The fraction of sp³-hybridized carbons (Fsp3) is 0.615. The second-order valence-corrected chi connectivity index (χ2v) is 6.04. The number of carbonyl (C=O) groups excluding carboxylic acids is 1. The molecule has 1 N–H and O–H groups in total. The number of hydrogen-bond donors (Lipinski definition) is 1. The number of aromatic nitrogens is 1. The summed E-state index contributed by atoms with van der Waals surface area (Å²) in [5, 5.41) is 8.96. The second-order valence-electron chi connectivity index (χ2n) is 5.10. The predicted octanol–water partition coefficient (Wildman–Crippen LogP) is 1.91. The Morgan fingerprint density at radius 1 is 1.47 bits per heavy atom. The van der Waals surface area contributed by atoms with Gasteiger partial charge in [-0.2, -0.15) is 0 Å². The summed E-state index contributed by atoms with van der Waals surface area (Å²) in [6, 6.07) is 0. The lowest BCUT2D eigenvalue weighted by Gasteiger charge is -2.20. The summed E-state index contributed by atoms with van der Waals surface area (Å²) >= 11 is 1.54. The third kappa shape index (κ3) is 3.12. The van der Waals surface area contributed by atoms with Crippen LogP contribution in [0.15, 0.2) is 5.51 Å². The van der Waals surface area contributed by atoms with Crippen molar-refractivity contribution in [2.45, 2.75) is 32.7 Å². The van der Waals surface area contributed by atoms with E-state index in [1.54, 1.807) is 28.8 Å². The minimum absolute atomic E-state index is 0.0524. The van der Waals surface area contributed by atoms with Crippen LogP contribution in [0, 0.1) is 18.8 Å². The number of hydrogen-bond acceptors (Lipinski definition) is 4. The summed E-state index contributed by atoms with van der Waals surface area (Å²) in [6.45, 7) is 2.49. The van der Waals surface area contributed by atoms with Crippen molar-refractivity contribution in [1.82, 2.24) is 9.88 Å². The molecular formula is C13H18N2O3S. The van der Waals surface area contributed by atoms with E-state index in [-0.39, 0.29) is 17.7 Å². The predicted molar refractivity (Wildman–Crippen MR) is 71.8 cm³/mol. The molecule has 2 atom stereocenters. The molecule has 2 unspecified atom stereocenters. The lowest BCUT2D eigenvalue weighted by molar-refractivity contribution is -0.141. The quantitative estimate of drug-likeness (QED) is 0.915. The highest BCUT2D eigenvalue weighted by molar-refractivity contribution is 7.09. The number of aliphatic carboxylic acids is 1. The molecule has 1 aromatic rings. The van der Waals surface area contributed by atoms with Gasteiger partial charge >= 0.3 is 5.97 Å². The molecule has 19 heavy (non-hydrogen) atoms. The normalized spacial score (nSPS) is 22.4. The summed E-state index contributed by atoms with van der Waals surface area (Å²) in [7, 11) is 1.77. The average Bonchev–Trinajstić information content (AvgIpc) is 2.98. The monoisotopic (exact) mass is 282 g/mol. The lowest BCUT2D eigenvalue weighted by Crippen LogP contribution is -2.31. The van der Waals surface area contributed by atoms with Crippen LogP contribution in [0.4, 0.5) is 0 Å². The Kier molecular flexibility index (Phi) is 4.19. The molecule has 0 bridgehead atoms. The maximum absolute atomic E-state index is 12.3. The van der Waals surface area contributed by atoms with Crippen LogP contribution in [0.3, 0.4) is 0 Å². The van der Waals surface area contributed by atoms with E-state index >= 15 is 0 Å². The van der Waals surface area contributed by atoms with Crippen molar-refractivity contribution in [2.24, 2.45) is 11.8 Å². The fourth-order valence-corrected chi connectivity index (χ4v) is 3.34. The molecule has 1 aliphatic carbocycles. The van der Waals surface area contributed by atoms with E-state index in [9.17, 15) is 9.59 Å². The van der Waals surface area contributed by atoms with Gasteiger partial charge in [0.25, 0.3) is 0 Å². The summed E-state index contributed by atoms with van der Waals surface area (Å²) in [5.41, 5.74) is 2.73. The number of rotatable bonds is 4. The average molecular weight is 282 g/mol. The first-order valence-electron chi connectivity index (χ1n) is 6.35. The number of carboxylic acid groups (broad SMARTS) is 1. The molecule has 1 aliphatic rings. The van der Waals surface area contributed by atoms with Gasteiger partial charge < -0.3 is 10.0 Å². The molecule has 0 spiro atoms. The zero-order valence-electron chi connectivity index (χ0n) is 11.1. The van der Waals surface area contributed by atoms with Crippen molar-refractivity contribution < 1.29 is 14.7 Å². The Morgan fingerprint density at radius 2 is 2.16 bits per heavy atom. The molecule has 1 amide bonds. The van der Waals surface area contributed by atoms with Gasteiger partial charge in [0.05, 0.1) is 23.7 Å². The van der Waals surface area contributed by atoms with Gasteiger partial charge in [-0.05, 0) is 26.2 Å². The third-order valence-corrected chi connectivity index (χ3v) is 4.65. The molecule has 1 aromatic heterocycles. The topological polar surface area (TPSA) is 70.5 Å². The highest BCUT2D eigenvalue weighted by atomic mass is 32.1. The van der Waals surface area contributed by atoms with Crippen molar-refractivity contribution in [3.05, 3.63) is 16.1 Å². The van der Waals surface area contributed by atoms with Gasteiger partial charge in [-0.1, -0.05) is 0 Å². The Bertz CT molecular complexity index is 486. The Morgan fingerprint density at radius 3 is 2.68 bits per heavy atom. The van der Waals surface area contributed by atoms with E-state index in [0.717, 1.165) is 10.6 Å². The van der Waals surface area contributed by atoms with Crippen molar-refractivity contribution in [3.8, 4) is 0 Å². The van der Waals surface area contributed by atoms with E-state index in [1.165, 1.54) is 0 Å². The molecule has 104 valence electrons. The molecular weight excluding hydrogens is 264 g/mol. The first kappa shape index (κ1) is 14.0. The molecule has 1 saturated carbocycles. The minimum Gasteiger partial charge on any atom is -0.481 e. The first-order valence-corrected chi connectivity index (χ1v) is 7.23. The van der Waals surface area contributed by atoms with Gasteiger partial charge in [-0.25, -0.2) is 4.98 Å². The molecule has 5 nitrogen and oxygen atoms in total. The number of amides is 1. The van der Waals surface area contributed by atoms with Crippen LogP contribution in [0.1, 0.15) is 29.8 Å². The van der Waals surface area contributed by atoms with Gasteiger partial charge in [0, 0.05) is 17.8 Å². The van der Waals surface area contributed by atoms with Gasteiger partial charge in [0.15, 0.2) is 0 Å². The Hall–Kier alpha value is -1.43. The molecule has 1 heterocycles. The number of carbonyl (C=O) groups is 2. The van der Waals surface area contributed by atoms with Gasteiger partial charge in [-0.3, -0.25) is 9.59 Å². The summed E-state index contributed by atoms with van der Waals surface area (Å²) in [6.07, 6.45) is 1.77. The van der Waals surface area contributed by atoms with Crippen LogP contribution in [0.2, 0.25) is 0 Å². The van der Waals surface area contributed by atoms with Crippen LogP contribution in [0.5, 0.6) is 0 Å². The standard InChI is InChI=1S/C13H18N2O3S/c1-8-11(19-7-14-8)6-15(2)12(16)9-3-4-10(5-9)13(17)18/h7,9-10H,3-6H2,1-2H3,(H,17,18). The molecule has 2 rings (SSSR count). The first-order chi connectivity index (χ1) is 8.99. The minimum atomic E-state index is -0.781. The van der Waals surface area contributed by atoms with E-state index < -0.39 is 5.97 Å². The van der Waals surface area contributed by atoms with Crippen LogP contribution in [-0.4, -0.2) is 33.9 Å². The number of nitrogens with zero attached hydrogens (tertiary/aromatic N) is 2. The molecule has 0 aliphatic heterocycles. The molecule has 0 aromatic carbocycles. The second kappa shape index (κ2) is 5.69. The van der Waals surface area contributed by atoms with E-state index in [0.29, 0.717) is 25.8 Å². The highest BCUT2D eigenvalue weighted by Crippen LogP contribution is 2.32. The van der Waals surface area contributed by atoms with Crippen LogP contribution >= 0.6 is 11.3 Å². The highest BCUT2D eigenvalue weighted by Gasteiger charge is 2.35. The smallest absolute Gasteiger partial charge is 0.306 e. The molecule has 0 saturated heterocycles. The van der Waals surface area contributed by atoms with Gasteiger partial charge in [0.2, 0.25) is 5.91 Å². The Balaban J connectivity index is 1.93. The fourth-order valence-electron chi connectivity index (χ4n) is 2.51. The Labute approximate surface area is 116 Å². The van der Waals surface area contributed by atoms with Gasteiger partial charge in [-0.15, -0.1) is 11.3 Å². The third-order valence-electron chi connectivity index (χ3n) is 3.73. The van der Waals surface area contributed by atoms with E-state index in [1.807, 2.05) is 6.92 Å². The van der Waals surface area contributed by atoms with Crippen LogP contribution in [0.25, 0.3) is 0 Å². The SMILES string of the molecule is Cc1ncsc1CN(C)C(=O)C1CCC(C(=O)O)C1. The van der Waals surface area contributed by atoms with Crippen molar-refractivity contribution in [1.29, 1.82) is 0 Å². The molecule has 6 heteroatoms. The molecule has 1 fully saturated rings. The summed E-state index contributed by atoms with van der Waals surface area (Å²) < 4.78 is 0. The number of thiazole rings is 1. The largest absolute Gasteiger partial charge is 0.481 e. The number of carboxylic acids is 1. The van der Waals surface area contributed by atoms with Crippen LogP contribution in [-0.2, 0) is 16.1 Å². The maximum atomic E-state index is 12.3. The van der Waals surface area contributed by atoms with E-state index in [4.69, 9.17) is 5.11 Å². The lowest BCUT2D eigenvalue weighted by atomic mass is 10.0. The van der Waals surface area contributed by atoms with Crippen LogP contribution < -0.4 is 0 Å². The molecule has 0 radical (unpaired) electrons. The van der Waals surface area contributed by atoms with Crippen molar-refractivity contribution >= 4 is 23.2 Å². The maximum Gasteiger partial charge on any atom is 0.306 e. The zero-order valence-corrected chi connectivity index (χ0v) is 11.9. The van der Waals surface area contributed by atoms with Gasteiger partial charge in [0.1, 0.15) is 0 Å². The summed E-state index contributed by atoms with van der Waals surface area (Å²) in [4.78, 5) is 30.1. The number of aryl methyl sites for hydroxylation is 1.